The summed E-state index contributed by atoms with van der Waals surface area (Å²) >= 11 is 0. The first-order chi connectivity index (χ1) is 10.1. The Morgan fingerprint density at radius 3 is 3.05 bits per heavy atom. The largest absolute Gasteiger partial charge is 0.383 e. The van der Waals surface area contributed by atoms with Gasteiger partial charge in [-0.15, -0.1) is 0 Å². The van der Waals surface area contributed by atoms with Crippen LogP contribution < -0.4 is 11.1 Å². The van der Waals surface area contributed by atoms with E-state index in [-0.39, 0.29) is 0 Å². The Bertz CT molecular complexity index is 885. The van der Waals surface area contributed by atoms with Crippen molar-refractivity contribution in [1.29, 1.82) is 0 Å². The fourth-order valence-electron chi connectivity index (χ4n) is 2.47. The SMILES string of the molecule is CC1=Cc2c(-c3nc(N)c4cnn(C)c4n3)n[nH]c2NC1. The van der Waals surface area contributed by atoms with E-state index in [9.17, 15) is 0 Å². The van der Waals surface area contributed by atoms with Crippen LogP contribution in [0.15, 0.2) is 11.8 Å². The third-order valence-electron chi connectivity index (χ3n) is 3.57. The molecule has 3 aromatic heterocycles. The van der Waals surface area contributed by atoms with Gasteiger partial charge in [-0.3, -0.25) is 9.78 Å². The van der Waals surface area contributed by atoms with Gasteiger partial charge in [-0.1, -0.05) is 5.57 Å². The number of anilines is 2. The number of hydrogen-bond donors (Lipinski definition) is 3. The van der Waals surface area contributed by atoms with Gasteiger partial charge in [-0.05, 0) is 13.0 Å². The second-order valence-corrected chi connectivity index (χ2v) is 5.14. The first-order valence-corrected chi connectivity index (χ1v) is 6.58. The molecule has 1 aliphatic heterocycles. The van der Waals surface area contributed by atoms with Gasteiger partial charge in [0.25, 0.3) is 0 Å². The number of H-pyrrole nitrogens is 1. The summed E-state index contributed by atoms with van der Waals surface area (Å²) in [4.78, 5) is 8.91. The molecule has 0 radical (unpaired) electrons. The quantitative estimate of drug-likeness (QED) is 0.618. The minimum Gasteiger partial charge on any atom is -0.383 e. The second kappa shape index (κ2) is 4.05. The molecular weight excluding hydrogens is 268 g/mol. The van der Waals surface area contributed by atoms with Crippen LogP contribution in [0.1, 0.15) is 12.5 Å². The van der Waals surface area contributed by atoms with Crippen LogP contribution in [-0.2, 0) is 7.05 Å². The van der Waals surface area contributed by atoms with E-state index in [1.807, 2.05) is 7.05 Å². The second-order valence-electron chi connectivity index (χ2n) is 5.14. The number of aryl methyl sites for hydroxylation is 1. The summed E-state index contributed by atoms with van der Waals surface area (Å²) in [6.07, 6.45) is 3.75. The molecule has 0 aromatic carbocycles. The number of fused-ring (bicyclic) bond motifs is 2. The summed E-state index contributed by atoms with van der Waals surface area (Å²) in [7, 11) is 1.82. The van der Waals surface area contributed by atoms with Gasteiger partial charge in [0.05, 0.1) is 11.6 Å². The fraction of sp³-hybridized carbons (Fsp3) is 0.231. The highest BCUT2D eigenvalue weighted by atomic mass is 15.3. The molecule has 8 heteroatoms. The maximum atomic E-state index is 6.01. The minimum atomic E-state index is 0.407. The van der Waals surface area contributed by atoms with Crippen molar-refractivity contribution in [2.24, 2.45) is 7.05 Å². The van der Waals surface area contributed by atoms with E-state index >= 15 is 0 Å². The zero-order valence-corrected chi connectivity index (χ0v) is 11.7. The number of nitrogen functional groups attached to an aromatic ring is 1. The summed E-state index contributed by atoms with van der Waals surface area (Å²) < 4.78 is 1.68. The van der Waals surface area contributed by atoms with Crippen molar-refractivity contribution in [3.8, 4) is 11.5 Å². The number of hydrogen-bond acceptors (Lipinski definition) is 6. The normalized spacial score (nSPS) is 13.9. The molecule has 4 N–H and O–H groups in total. The number of aromatic nitrogens is 6. The summed E-state index contributed by atoms with van der Waals surface area (Å²) in [5.41, 5.74) is 9.57. The van der Waals surface area contributed by atoms with Crippen LogP contribution in [0, 0.1) is 0 Å². The molecule has 0 aliphatic carbocycles. The predicted molar refractivity (Wildman–Crippen MR) is 80.4 cm³/mol. The highest BCUT2D eigenvalue weighted by molar-refractivity contribution is 5.88. The van der Waals surface area contributed by atoms with Gasteiger partial charge < -0.3 is 11.1 Å². The van der Waals surface area contributed by atoms with Crippen LogP contribution in [0.25, 0.3) is 28.6 Å². The number of nitrogens with one attached hydrogen (secondary N) is 2. The molecule has 1 aliphatic rings. The molecule has 0 amide bonds. The molecule has 3 aromatic rings. The van der Waals surface area contributed by atoms with Crippen LogP contribution in [0.5, 0.6) is 0 Å². The topological polar surface area (TPSA) is 110 Å². The summed E-state index contributed by atoms with van der Waals surface area (Å²) in [5, 5.41) is 15.5. The van der Waals surface area contributed by atoms with Gasteiger partial charge in [0, 0.05) is 19.2 Å². The summed E-state index contributed by atoms with van der Waals surface area (Å²) in [6, 6.07) is 0. The standard InChI is InChI=1S/C13H14N8/c1-6-3-7-9(19-20-11(7)15-4-6)12-17-10(14)8-5-16-21(2)13(8)18-12/h3,5H,4H2,1-2H3,(H2,14,17,18)(H2,15,19,20). The number of nitrogens with zero attached hydrogens (tertiary/aromatic N) is 5. The van der Waals surface area contributed by atoms with E-state index in [0.717, 1.165) is 23.3 Å². The van der Waals surface area contributed by atoms with Crippen LogP contribution >= 0.6 is 0 Å². The van der Waals surface area contributed by atoms with E-state index < -0.39 is 0 Å². The molecule has 0 spiro atoms. The predicted octanol–water partition coefficient (Wildman–Crippen LogP) is 1.16. The van der Waals surface area contributed by atoms with Gasteiger partial charge in [0.1, 0.15) is 17.3 Å². The zero-order chi connectivity index (χ0) is 14.6. The molecule has 4 heterocycles. The average Bonchev–Trinajstić information content (AvgIpc) is 3.03. The maximum absolute atomic E-state index is 6.01. The third-order valence-corrected chi connectivity index (χ3v) is 3.57. The fourth-order valence-corrected chi connectivity index (χ4v) is 2.47. The van der Waals surface area contributed by atoms with Crippen molar-refractivity contribution in [2.75, 3.05) is 17.6 Å². The lowest BCUT2D eigenvalue weighted by atomic mass is 10.1. The van der Waals surface area contributed by atoms with E-state index in [4.69, 9.17) is 5.73 Å². The average molecular weight is 282 g/mol. The van der Waals surface area contributed by atoms with Gasteiger partial charge in [-0.25, -0.2) is 9.97 Å². The molecule has 21 heavy (non-hydrogen) atoms. The Labute approximate surface area is 120 Å². The Balaban J connectivity index is 1.96. The van der Waals surface area contributed by atoms with Gasteiger partial charge in [0.2, 0.25) is 0 Å². The van der Waals surface area contributed by atoms with Crippen LogP contribution in [0.2, 0.25) is 0 Å². The minimum absolute atomic E-state index is 0.407. The van der Waals surface area contributed by atoms with E-state index in [2.05, 4.69) is 43.6 Å². The molecule has 8 nitrogen and oxygen atoms in total. The molecule has 4 rings (SSSR count). The highest BCUT2D eigenvalue weighted by Gasteiger charge is 2.20. The van der Waals surface area contributed by atoms with Crippen molar-refractivity contribution >= 4 is 28.7 Å². The lowest BCUT2D eigenvalue weighted by Crippen LogP contribution is -2.08. The first-order valence-electron chi connectivity index (χ1n) is 6.58. The number of rotatable bonds is 1. The molecule has 0 fully saturated rings. The Morgan fingerprint density at radius 2 is 2.19 bits per heavy atom. The molecular formula is C13H14N8. The van der Waals surface area contributed by atoms with E-state index in [0.29, 0.717) is 23.0 Å². The van der Waals surface area contributed by atoms with Crippen molar-refractivity contribution in [3.63, 3.8) is 0 Å². The highest BCUT2D eigenvalue weighted by Crippen LogP contribution is 2.31. The van der Waals surface area contributed by atoms with Crippen molar-refractivity contribution in [2.45, 2.75) is 6.92 Å². The molecule has 0 saturated carbocycles. The Morgan fingerprint density at radius 1 is 1.33 bits per heavy atom. The molecule has 0 saturated heterocycles. The van der Waals surface area contributed by atoms with Crippen LogP contribution in [-0.4, -0.2) is 36.5 Å². The molecule has 0 atom stereocenters. The maximum Gasteiger partial charge on any atom is 0.184 e. The first kappa shape index (κ1) is 11.9. The third kappa shape index (κ3) is 1.69. The lowest BCUT2D eigenvalue weighted by Gasteiger charge is -2.12. The smallest absolute Gasteiger partial charge is 0.184 e. The molecule has 106 valence electrons. The van der Waals surface area contributed by atoms with E-state index in [1.165, 1.54) is 5.57 Å². The van der Waals surface area contributed by atoms with Crippen molar-refractivity contribution < 1.29 is 0 Å². The van der Waals surface area contributed by atoms with Crippen molar-refractivity contribution in [1.82, 2.24) is 29.9 Å². The monoisotopic (exact) mass is 282 g/mol. The number of aromatic amines is 1. The van der Waals surface area contributed by atoms with Gasteiger partial charge in [-0.2, -0.15) is 10.2 Å². The van der Waals surface area contributed by atoms with Crippen LogP contribution in [0.4, 0.5) is 11.6 Å². The van der Waals surface area contributed by atoms with Gasteiger partial charge >= 0.3 is 0 Å². The zero-order valence-electron chi connectivity index (χ0n) is 11.7. The Kier molecular flexibility index (Phi) is 2.29. The summed E-state index contributed by atoms with van der Waals surface area (Å²) in [6.45, 7) is 2.87. The number of nitrogens with two attached hydrogens (primary N) is 1. The van der Waals surface area contributed by atoms with Crippen LogP contribution in [0.3, 0.4) is 0 Å². The summed E-state index contributed by atoms with van der Waals surface area (Å²) in [5.74, 6) is 1.78. The lowest BCUT2D eigenvalue weighted by molar-refractivity contribution is 0.785. The molecule has 0 bridgehead atoms. The van der Waals surface area contributed by atoms with Gasteiger partial charge in [0.15, 0.2) is 11.5 Å². The van der Waals surface area contributed by atoms with E-state index in [1.54, 1.807) is 10.9 Å². The van der Waals surface area contributed by atoms with Crippen molar-refractivity contribution in [3.05, 3.63) is 17.3 Å². The Hall–Kier alpha value is -2.90. The molecule has 0 unspecified atom stereocenters.